The van der Waals surface area contributed by atoms with Gasteiger partial charge in [-0.2, -0.15) is 0 Å². The zero-order chi connectivity index (χ0) is 13.8. The molecule has 4 heteroatoms. The minimum Gasteiger partial charge on any atom is -0.465 e. The fourth-order valence-electron chi connectivity index (χ4n) is 2.11. The van der Waals surface area contributed by atoms with Crippen LogP contribution >= 0.6 is 0 Å². The Morgan fingerprint density at radius 3 is 2.74 bits per heavy atom. The SMILES string of the molecule is CCCNCc1cc(Cn2cnc(C)c2C)c(C)o1. The summed E-state index contributed by atoms with van der Waals surface area (Å²) in [4.78, 5) is 4.33. The van der Waals surface area contributed by atoms with E-state index in [9.17, 15) is 0 Å². The van der Waals surface area contributed by atoms with Gasteiger partial charge in [0.25, 0.3) is 0 Å². The molecule has 0 saturated carbocycles. The van der Waals surface area contributed by atoms with Crippen LogP contribution in [0.4, 0.5) is 0 Å². The maximum absolute atomic E-state index is 5.78. The van der Waals surface area contributed by atoms with Gasteiger partial charge in [-0.25, -0.2) is 4.98 Å². The van der Waals surface area contributed by atoms with E-state index >= 15 is 0 Å². The van der Waals surface area contributed by atoms with Crippen LogP contribution in [-0.2, 0) is 13.1 Å². The highest BCUT2D eigenvalue weighted by atomic mass is 16.3. The summed E-state index contributed by atoms with van der Waals surface area (Å²) < 4.78 is 7.95. The van der Waals surface area contributed by atoms with E-state index in [1.807, 2.05) is 20.2 Å². The molecule has 0 unspecified atom stereocenters. The number of aromatic nitrogens is 2. The molecular formula is C15H23N3O. The topological polar surface area (TPSA) is 43.0 Å². The summed E-state index contributed by atoms with van der Waals surface area (Å²) in [5.74, 6) is 2.01. The van der Waals surface area contributed by atoms with E-state index in [1.54, 1.807) is 0 Å². The molecule has 104 valence electrons. The van der Waals surface area contributed by atoms with Crippen molar-refractivity contribution in [3.8, 4) is 0 Å². The van der Waals surface area contributed by atoms with Crippen molar-refractivity contribution in [2.45, 2.75) is 47.2 Å². The molecule has 4 nitrogen and oxygen atoms in total. The Morgan fingerprint density at radius 1 is 1.32 bits per heavy atom. The van der Waals surface area contributed by atoms with Gasteiger partial charge in [-0.15, -0.1) is 0 Å². The van der Waals surface area contributed by atoms with Gasteiger partial charge in [0.15, 0.2) is 0 Å². The number of aryl methyl sites for hydroxylation is 2. The second-order valence-corrected chi connectivity index (χ2v) is 5.01. The van der Waals surface area contributed by atoms with Crippen molar-refractivity contribution in [3.63, 3.8) is 0 Å². The molecule has 19 heavy (non-hydrogen) atoms. The average molecular weight is 261 g/mol. The van der Waals surface area contributed by atoms with Crippen LogP contribution in [0.3, 0.4) is 0 Å². The molecule has 0 fully saturated rings. The molecule has 2 aromatic rings. The molecule has 0 bridgehead atoms. The second-order valence-electron chi connectivity index (χ2n) is 5.01. The van der Waals surface area contributed by atoms with Crippen molar-refractivity contribution >= 4 is 0 Å². The molecule has 0 aliphatic rings. The number of hydrogen-bond donors (Lipinski definition) is 1. The molecule has 0 atom stereocenters. The summed E-state index contributed by atoms with van der Waals surface area (Å²) in [6.45, 7) is 11.0. The zero-order valence-electron chi connectivity index (χ0n) is 12.3. The third kappa shape index (κ3) is 3.26. The summed E-state index contributed by atoms with van der Waals surface area (Å²) in [6, 6.07) is 2.15. The first-order valence-electron chi connectivity index (χ1n) is 6.89. The molecule has 0 aliphatic heterocycles. The molecule has 0 radical (unpaired) electrons. The number of furan rings is 1. The van der Waals surface area contributed by atoms with Crippen LogP contribution in [0.1, 0.15) is 41.8 Å². The van der Waals surface area contributed by atoms with Crippen LogP contribution in [0.2, 0.25) is 0 Å². The Bertz CT molecular complexity index is 540. The van der Waals surface area contributed by atoms with E-state index < -0.39 is 0 Å². The fourth-order valence-corrected chi connectivity index (χ4v) is 2.11. The largest absolute Gasteiger partial charge is 0.465 e. The van der Waals surface area contributed by atoms with Crippen LogP contribution in [0.25, 0.3) is 0 Å². The average Bonchev–Trinajstić information content (AvgIpc) is 2.88. The van der Waals surface area contributed by atoms with Gasteiger partial charge in [0.05, 0.1) is 25.1 Å². The van der Waals surface area contributed by atoms with Crippen LogP contribution in [-0.4, -0.2) is 16.1 Å². The number of imidazole rings is 1. The molecule has 0 spiro atoms. The summed E-state index contributed by atoms with van der Waals surface area (Å²) in [5, 5.41) is 3.36. The lowest BCUT2D eigenvalue weighted by atomic mass is 10.2. The van der Waals surface area contributed by atoms with Gasteiger partial charge in [-0.3, -0.25) is 0 Å². The van der Waals surface area contributed by atoms with Crippen molar-refractivity contribution in [2.24, 2.45) is 0 Å². The normalized spacial score (nSPS) is 11.2. The third-order valence-corrected chi connectivity index (χ3v) is 3.48. The summed E-state index contributed by atoms with van der Waals surface area (Å²) in [5.41, 5.74) is 3.53. The van der Waals surface area contributed by atoms with Gasteiger partial charge in [-0.05, 0) is 39.8 Å². The molecule has 0 amide bonds. The number of nitrogens with one attached hydrogen (secondary N) is 1. The Hall–Kier alpha value is -1.55. The number of nitrogens with zero attached hydrogens (tertiary/aromatic N) is 2. The monoisotopic (exact) mass is 261 g/mol. The van der Waals surface area contributed by atoms with Crippen LogP contribution < -0.4 is 5.32 Å². The molecular weight excluding hydrogens is 238 g/mol. The van der Waals surface area contributed by atoms with Crippen molar-refractivity contribution in [1.82, 2.24) is 14.9 Å². The first kappa shape index (κ1) is 13.9. The lowest BCUT2D eigenvalue weighted by Crippen LogP contribution is -2.13. The molecule has 2 heterocycles. The predicted octanol–water partition coefficient (Wildman–Crippen LogP) is 2.95. The Balaban J connectivity index is 2.06. The minimum atomic E-state index is 0.802. The van der Waals surface area contributed by atoms with E-state index in [-0.39, 0.29) is 0 Å². The molecule has 1 N–H and O–H groups in total. The molecule has 0 aromatic carbocycles. The van der Waals surface area contributed by atoms with Gasteiger partial charge in [0.1, 0.15) is 11.5 Å². The smallest absolute Gasteiger partial charge is 0.118 e. The highest BCUT2D eigenvalue weighted by Crippen LogP contribution is 2.17. The van der Waals surface area contributed by atoms with Crippen molar-refractivity contribution in [1.29, 1.82) is 0 Å². The standard InChI is InChI=1S/C15H23N3O/c1-5-6-16-8-15-7-14(13(4)19-15)9-18-10-17-11(2)12(18)3/h7,10,16H,5-6,8-9H2,1-4H3. The van der Waals surface area contributed by atoms with E-state index in [0.29, 0.717) is 0 Å². The van der Waals surface area contributed by atoms with E-state index in [4.69, 9.17) is 4.42 Å². The molecule has 0 aliphatic carbocycles. The fraction of sp³-hybridized carbons (Fsp3) is 0.533. The van der Waals surface area contributed by atoms with Crippen molar-refractivity contribution < 1.29 is 4.42 Å². The third-order valence-electron chi connectivity index (χ3n) is 3.48. The molecule has 2 aromatic heterocycles. The predicted molar refractivity (Wildman–Crippen MR) is 76.2 cm³/mol. The van der Waals surface area contributed by atoms with Crippen LogP contribution in [0.5, 0.6) is 0 Å². The maximum Gasteiger partial charge on any atom is 0.118 e. The Morgan fingerprint density at radius 2 is 2.11 bits per heavy atom. The van der Waals surface area contributed by atoms with Crippen LogP contribution in [0, 0.1) is 20.8 Å². The van der Waals surface area contributed by atoms with E-state index in [2.05, 4.69) is 34.8 Å². The van der Waals surface area contributed by atoms with Gasteiger partial charge in [-0.1, -0.05) is 6.92 Å². The summed E-state index contributed by atoms with van der Waals surface area (Å²) >= 11 is 0. The number of hydrogen-bond acceptors (Lipinski definition) is 3. The lowest BCUT2D eigenvalue weighted by Gasteiger charge is -2.03. The van der Waals surface area contributed by atoms with Gasteiger partial charge in [0, 0.05) is 11.3 Å². The Kier molecular flexibility index (Phi) is 4.43. The Labute approximate surface area is 114 Å². The summed E-state index contributed by atoms with van der Waals surface area (Å²) in [7, 11) is 0. The first-order chi connectivity index (χ1) is 9.11. The minimum absolute atomic E-state index is 0.802. The second kappa shape index (κ2) is 6.06. The van der Waals surface area contributed by atoms with Gasteiger partial charge >= 0.3 is 0 Å². The zero-order valence-corrected chi connectivity index (χ0v) is 12.3. The van der Waals surface area contributed by atoms with Gasteiger partial charge < -0.3 is 14.3 Å². The highest BCUT2D eigenvalue weighted by molar-refractivity contribution is 5.22. The molecule has 0 saturated heterocycles. The van der Waals surface area contributed by atoms with E-state index in [1.165, 1.54) is 11.3 Å². The van der Waals surface area contributed by atoms with E-state index in [0.717, 1.165) is 43.3 Å². The summed E-state index contributed by atoms with van der Waals surface area (Å²) in [6.07, 6.45) is 3.03. The maximum atomic E-state index is 5.78. The first-order valence-corrected chi connectivity index (χ1v) is 6.89. The van der Waals surface area contributed by atoms with Crippen molar-refractivity contribution in [2.75, 3.05) is 6.54 Å². The van der Waals surface area contributed by atoms with Crippen LogP contribution in [0.15, 0.2) is 16.8 Å². The van der Waals surface area contributed by atoms with Crippen molar-refractivity contribution in [3.05, 3.63) is 40.9 Å². The quantitative estimate of drug-likeness (QED) is 0.813. The number of rotatable bonds is 6. The molecule has 2 rings (SSSR count). The highest BCUT2D eigenvalue weighted by Gasteiger charge is 2.09. The van der Waals surface area contributed by atoms with Gasteiger partial charge in [0.2, 0.25) is 0 Å². The lowest BCUT2D eigenvalue weighted by molar-refractivity contribution is 0.459.